The lowest BCUT2D eigenvalue weighted by atomic mass is 9.79. The summed E-state index contributed by atoms with van der Waals surface area (Å²) in [6, 6.07) is 5.70. The number of fused-ring (bicyclic) bond motifs is 2. The molecule has 2 aromatic rings. The van der Waals surface area contributed by atoms with Crippen molar-refractivity contribution in [2.75, 3.05) is 64.2 Å². The van der Waals surface area contributed by atoms with Gasteiger partial charge in [-0.05, 0) is 62.3 Å². The molecule has 2 heterocycles. The highest BCUT2D eigenvalue weighted by atomic mass is 16.5. The van der Waals surface area contributed by atoms with Crippen molar-refractivity contribution in [2.24, 2.45) is 5.11 Å². The summed E-state index contributed by atoms with van der Waals surface area (Å²) in [7, 11) is 0. The van der Waals surface area contributed by atoms with Gasteiger partial charge in [-0.1, -0.05) is 12.0 Å². The van der Waals surface area contributed by atoms with Crippen molar-refractivity contribution in [3.63, 3.8) is 0 Å². The minimum absolute atomic E-state index is 0.00345. The molecule has 0 saturated carbocycles. The Bertz CT molecular complexity index is 1210. The minimum Gasteiger partial charge on any atom is -0.423 e. The maximum Gasteiger partial charge on any atom is 0.336 e. The first-order valence-corrected chi connectivity index (χ1v) is 13.6. The third kappa shape index (κ3) is 8.96. The number of aryl methyl sites for hydroxylation is 1. The van der Waals surface area contributed by atoms with Crippen molar-refractivity contribution in [3.05, 3.63) is 50.2 Å². The summed E-state index contributed by atoms with van der Waals surface area (Å²) >= 11 is 0. The summed E-state index contributed by atoms with van der Waals surface area (Å²) in [6.45, 7) is 12.7. The topological polar surface area (TPSA) is 139 Å². The van der Waals surface area contributed by atoms with Crippen LogP contribution in [0.4, 0.5) is 5.69 Å². The molecular formula is C28H41N5O6. The number of hydrogen-bond donors (Lipinski definition) is 1. The van der Waals surface area contributed by atoms with Gasteiger partial charge < -0.3 is 28.8 Å². The Labute approximate surface area is 229 Å². The lowest BCUT2D eigenvalue weighted by Gasteiger charge is -2.47. The Balaban J connectivity index is 1.38. The predicted molar refractivity (Wildman–Crippen MR) is 150 cm³/mol. The molecule has 1 aromatic carbocycles. The quantitative estimate of drug-likeness (QED) is 0.108. The van der Waals surface area contributed by atoms with Gasteiger partial charge in [0.05, 0.1) is 39.6 Å². The summed E-state index contributed by atoms with van der Waals surface area (Å²) in [5.41, 5.74) is 11.6. The van der Waals surface area contributed by atoms with E-state index in [9.17, 15) is 9.59 Å². The van der Waals surface area contributed by atoms with Crippen LogP contribution in [0.2, 0.25) is 0 Å². The van der Waals surface area contributed by atoms with E-state index in [-0.39, 0.29) is 17.1 Å². The van der Waals surface area contributed by atoms with Crippen LogP contribution < -0.4 is 15.8 Å². The highest BCUT2D eigenvalue weighted by Gasteiger charge is 2.36. The van der Waals surface area contributed by atoms with E-state index in [0.717, 1.165) is 29.6 Å². The number of amides is 1. The normalized spacial score (nSPS) is 16.1. The van der Waals surface area contributed by atoms with E-state index >= 15 is 0 Å². The Morgan fingerprint density at radius 2 is 1.85 bits per heavy atom. The summed E-state index contributed by atoms with van der Waals surface area (Å²) in [5, 5.41) is 7.26. The highest BCUT2D eigenvalue weighted by Crippen LogP contribution is 2.45. The van der Waals surface area contributed by atoms with Crippen LogP contribution in [0, 0.1) is 6.92 Å². The van der Waals surface area contributed by atoms with Crippen molar-refractivity contribution in [2.45, 2.75) is 58.4 Å². The number of nitrogens with zero attached hydrogens (tertiary/aromatic N) is 4. The van der Waals surface area contributed by atoms with Crippen molar-refractivity contribution in [3.8, 4) is 0 Å². The number of benzene rings is 1. The Hall–Kier alpha value is -3.11. The van der Waals surface area contributed by atoms with Gasteiger partial charge in [0.2, 0.25) is 5.91 Å². The molecule has 214 valence electrons. The predicted octanol–water partition coefficient (Wildman–Crippen LogP) is 4.45. The number of carbonyl (C=O) groups excluding carboxylic acids is 1. The summed E-state index contributed by atoms with van der Waals surface area (Å²) < 4.78 is 21.7. The number of ether oxygens (including phenoxy) is 3. The molecule has 0 bridgehead atoms. The van der Waals surface area contributed by atoms with Crippen LogP contribution >= 0.6 is 0 Å². The molecule has 1 N–H and O–H groups in total. The molecule has 1 atom stereocenters. The molecule has 1 amide bonds. The second-order valence-electron chi connectivity index (χ2n) is 10.5. The van der Waals surface area contributed by atoms with Crippen molar-refractivity contribution in [1.82, 2.24) is 5.32 Å². The SMILES string of the molecule is Cc1cc(=O)oc2cc3c(cc12)[C@H](C)CC(C)(C)N3CCCC(=O)NCCOCCOCCOCCN=[N+]=[N-]. The summed E-state index contributed by atoms with van der Waals surface area (Å²) in [5.74, 6) is 0.371. The molecule has 0 spiro atoms. The van der Waals surface area contributed by atoms with Crippen LogP contribution in [0.1, 0.15) is 57.1 Å². The van der Waals surface area contributed by atoms with Crippen LogP contribution in [0.15, 0.2) is 32.5 Å². The van der Waals surface area contributed by atoms with Crippen LogP contribution in [0.25, 0.3) is 21.4 Å². The van der Waals surface area contributed by atoms with Crippen molar-refractivity contribution in [1.29, 1.82) is 0 Å². The van der Waals surface area contributed by atoms with Gasteiger partial charge in [0.25, 0.3) is 0 Å². The zero-order valence-electron chi connectivity index (χ0n) is 23.5. The maximum atomic E-state index is 12.4. The Morgan fingerprint density at radius 1 is 1.15 bits per heavy atom. The number of azide groups is 1. The van der Waals surface area contributed by atoms with Crippen LogP contribution in [-0.2, 0) is 19.0 Å². The molecule has 1 aromatic heterocycles. The van der Waals surface area contributed by atoms with E-state index in [1.54, 1.807) is 0 Å². The van der Waals surface area contributed by atoms with Gasteiger partial charge >= 0.3 is 5.63 Å². The number of hydrogen-bond acceptors (Lipinski definition) is 8. The van der Waals surface area contributed by atoms with Gasteiger partial charge in [0, 0.05) is 59.7 Å². The van der Waals surface area contributed by atoms with Crippen LogP contribution in [-0.4, -0.2) is 70.7 Å². The zero-order valence-corrected chi connectivity index (χ0v) is 23.5. The van der Waals surface area contributed by atoms with Gasteiger partial charge in [0.15, 0.2) is 0 Å². The average Bonchev–Trinajstić information content (AvgIpc) is 2.87. The van der Waals surface area contributed by atoms with Gasteiger partial charge in [-0.25, -0.2) is 4.79 Å². The molecular weight excluding hydrogens is 502 g/mol. The van der Waals surface area contributed by atoms with E-state index in [1.807, 2.05) is 13.0 Å². The number of rotatable bonds is 16. The summed E-state index contributed by atoms with van der Waals surface area (Å²) in [4.78, 5) is 29.4. The molecule has 0 saturated heterocycles. The van der Waals surface area contributed by atoms with Gasteiger partial charge in [-0.15, -0.1) is 0 Å². The van der Waals surface area contributed by atoms with E-state index in [2.05, 4.69) is 47.1 Å². The molecule has 0 aliphatic carbocycles. The Kier molecular flexibility index (Phi) is 11.6. The van der Waals surface area contributed by atoms with Gasteiger partial charge in [0.1, 0.15) is 5.58 Å². The molecule has 3 rings (SSSR count). The fourth-order valence-corrected chi connectivity index (χ4v) is 5.16. The third-order valence-electron chi connectivity index (χ3n) is 6.95. The number of nitrogens with one attached hydrogen (secondary N) is 1. The van der Waals surface area contributed by atoms with Crippen LogP contribution in [0.5, 0.6) is 0 Å². The first-order valence-electron chi connectivity index (χ1n) is 13.6. The van der Waals surface area contributed by atoms with Crippen molar-refractivity contribution < 1.29 is 23.4 Å². The maximum absolute atomic E-state index is 12.4. The molecule has 11 heteroatoms. The van der Waals surface area contributed by atoms with E-state index in [4.69, 9.17) is 24.2 Å². The molecule has 11 nitrogen and oxygen atoms in total. The third-order valence-corrected chi connectivity index (χ3v) is 6.95. The molecule has 0 radical (unpaired) electrons. The fraction of sp³-hybridized carbons (Fsp3) is 0.643. The lowest BCUT2D eigenvalue weighted by Crippen LogP contribution is -2.49. The monoisotopic (exact) mass is 543 g/mol. The number of carbonyl (C=O) groups is 1. The minimum atomic E-state index is -0.340. The molecule has 1 aliphatic rings. The van der Waals surface area contributed by atoms with Gasteiger partial charge in [-0.2, -0.15) is 0 Å². The first kappa shape index (κ1) is 30.4. The standard InChI is InChI=1S/C28H41N5O6/c1-20-16-27(35)39-25-18-24-22(17-23(20)25)21(2)19-28(3,4)33(24)9-5-6-26(34)30-7-10-36-12-14-38-15-13-37-11-8-31-32-29/h16-18,21H,5-15,19H2,1-4H3,(H,30,34)/t21-/m1/s1. The second-order valence-corrected chi connectivity index (χ2v) is 10.5. The fourth-order valence-electron chi connectivity index (χ4n) is 5.16. The molecule has 0 fully saturated rings. The van der Waals surface area contributed by atoms with E-state index < -0.39 is 0 Å². The van der Waals surface area contributed by atoms with E-state index in [1.165, 1.54) is 11.6 Å². The van der Waals surface area contributed by atoms with E-state index in [0.29, 0.717) is 77.1 Å². The highest BCUT2D eigenvalue weighted by molar-refractivity contribution is 5.86. The second kappa shape index (κ2) is 14.9. The van der Waals surface area contributed by atoms with Gasteiger partial charge in [-0.3, -0.25) is 4.79 Å². The lowest BCUT2D eigenvalue weighted by molar-refractivity contribution is -0.121. The zero-order chi connectivity index (χ0) is 28.3. The largest absolute Gasteiger partial charge is 0.423 e. The first-order chi connectivity index (χ1) is 18.7. The average molecular weight is 544 g/mol. The molecule has 39 heavy (non-hydrogen) atoms. The smallest absolute Gasteiger partial charge is 0.336 e. The number of anilines is 1. The summed E-state index contributed by atoms with van der Waals surface area (Å²) in [6.07, 6.45) is 2.12. The molecule has 0 unspecified atom stereocenters. The Morgan fingerprint density at radius 3 is 2.56 bits per heavy atom. The van der Waals surface area contributed by atoms with Crippen LogP contribution in [0.3, 0.4) is 0 Å². The van der Waals surface area contributed by atoms with Crippen molar-refractivity contribution >= 4 is 22.6 Å². The molecule has 1 aliphatic heterocycles.